The summed E-state index contributed by atoms with van der Waals surface area (Å²) in [4.78, 5) is 2.74. The third kappa shape index (κ3) is 3.88. The summed E-state index contributed by atoms with van der Waals surface area (Å²) < 4.78 is 1.17. The van der Waals surface area contributed by atoms with Gasteiger partial charge in [-0.3, -0.25) is 4.90 Å². The molecule has 0 radical (unpaired) electrons. The average Bonchev–Trinajstić information content (AvgIpc) is 3.33. The molecule has 2 aliphatic rings. The van der Waals surface area contributed by atoms with Crippen molar-refractivity contribution in [3.8, 4) is 0 Å². The lowest BCUT2D eigenvalue weighted by molar-refractivity contribution is 0.0891. The van der Waals surface area contributed by atoms with E-state index in [9.17, 15) is 0 Å². The summed E-state index contributed by atoms with van der Waals surface area (Å²) >= 11 is 3.53. The van der Waals surface area contributed by atoms with Crippen molar-refractivity contribution in [2.45, 2.75) is 51.7 Å². The fraction of sp³-hybridized carbons (Fsp3) is 0.667. The molecule has 3 heteroatoms. The zero-order chi connectivity index (χ0) is 14.8. The van der Waals surface area contributed by atoms with Crippen LogP contribution in [0.5, 0.6) is 0 Å². The van der Waals surface area contributed by atoms with Crippen LogP contribution in [0, 0.1) is 11.8 Å². The minimum Gasteiger partial charge on any atom is -0.311 e. The van der Waals surface area contributed by atoms with Crippen molar-refractivity contribution in [2.75, 3.05) is 13.1 Å². The molecule has 3 rings (SSSR count). The van der Waals surface area contributed by atoms with Crippen LogP contribution in [0.4, 0.5) is 0 Å². The van der Waals surface area contributed by atoms with Gasteiger partial charge in [-0.15, -0.1) is 0 Å². The summed E-state index contributed by atoms with van der Waals surface area (Å²) in [6.07, 6.45) is 4.12. The molecule has 1 aliphatic heterocycles. The lowest BCUT2D eigenvalue weighted by atomic mass is 9.94. The smallest absolute Gasteiger partial charge is 0.0253 e. The highest BCUT2D eigenvalue weighted by Crippen LogP contribution is 2.37. The second kappa shape index (κ2) is 6.80. The summed E-state index contributed by atoms with van der Waals surface area (Å²) in [5, 5.41) is 3.82. The average molecular weight is 351 g/mol. The van der Waals surface area contributed by atoms with Gasteiger partial charge in [0.2, 0.25) is 0 Å². The minimum atomic E-state index is 0.653. The van der Waals surface area contributed by atoms with Crippen LogP contribution >= 0.6 is 15.9 Å². The van der Waals surface area contributed by atoms with E-state index < -0.39 is 0 Å². The number of nitrogens with zero attached hydrogens (tertiary/aromatic N) is 1. The third-order valence-corrected chi connectivity index (χ3v) is 5.81. The van der Waals surface area contributed by atoms with Gasteiger partial charge in [-0.2, -0.15) is 0 Å². The summed E-state index contributed by atoms with van der Waals surface area (Å²) in [6.45, 7) is 8.16. The number of halogens is 1. The molecule has 1 N–H and O–H groups in total. The predicted molar refractivity (Wildman–Crippen MR) is 92.3 cm³/mol. The minimum absolute atomic E-state index is 0.653. The summed E-state index contributed by atoms with van der Waals surface area (Å²) in [6, 6.07) is 10.2. The molecule has 1 aromatic rings. The van der Waals surface area contributed by atoms with Crippen LogP contribution in [0.2, 0.25) is 0 Å². The largest absolute Gasteiger partial charge is 0.311 e. The summed E-state index contributed by atoms with van der Waals surface area (Å²) in [5.74, 6) is 1.70. The Morgan fingerprint density at radius 1 is 1.29 bits per heavy atom. The molecule has 1 saturated heterocycles. The molecule has 1 aromatic carbocycles. The van der Waals surface area contributed by atoms with Gasteiger partial charge in [0.25, 0.3) is 0 Å². The number of piperazine rings is 1. The van der Waals surface area contributed by atoms with Crippen molar-refractivity contribution in [2.24, 2.45) is 11.8 Å². The quantitative estimate of drug-likeness (QED) is 0.861. The molecule has 3 atom stereocenters. The van der Waals surface area contributed by atoms with Crippen molar-refractivity contribution in [3.63, 3.8) is 0 Å². The van der Waals surface area contributed by atoms with Gasteiger partial charge in [-0.1, -0.05) is 48.3 Å². The molecule has 1 heterocycles. The number of nitrogens with one attached hydrogen (secondary N) is 1. The van der Waals surface area contributed by atoms with Crippen LogP contribution < -0.4 is 5.32 Å². The number of rotatable bonds is 5. The van der Waals surface area contributed by atoms with E-state index in [1.165, 1.54) is 42.4 Å². The topological polar surface area (TPSA) is 15.3 Å². The van der Waals surface area contributed by atoms with E-state index in [1.54, 1.807) is 0 Å². The second-order valence-electron chi connectivity index (χ2n) is 6.86. The van der Waals surface area contributed by atoms with E-state index in [0.29, 0.717) is 6.04 Å². The van der Waals surface area contributed by atoms with E-state index in [-0.39, 0.29) is 0 Å². The van der Waals surface area contributed by atoms with Crippen molar-refractivity contribution >= 4 is 15.9 Å². The van der Waals surface area contributed by atoms with Gasteiger partial charge in [0.05, 0.1) is 0 Å². The first kappa shape index (κ1) is 15.5. The molecule has 1 saturated carbocycles. The standard InChI is InChI=1S/C18H27BrN2/c1-3-13(2)17-12-21(18(10-20-17)15-6-7-15)11-14-4-8-16(19)9-5-14/h4-5,8-9,13,15,17-18,20H,3,6-7,10-12H2,1-2H3. The molecule has 0 aromatic heterocycles. The molecule has 0 spiro atoms. The highest BCUT2D eigenvalue weighted by Gasteiger charge is 2.39. The molecule has 0 amide bonds. The third-order valence-electron chi connectivity index (χ3n) is 5.29. The zero-order valence-corrected chi connectivity index (χ0v) is 14.8. The Hall–Kier alpha value is -0.380. The lowest BCUT2D eigenvalue weighted by Crippen LogP contribution is -2.58. The van der Waals surface area contributed by atoms with E-state index in [1.807, 2.05) is 0 Å². The van der Waals surface area contributed by atoms with Crippen molar-refractivity contribution in [3.05, 3.63) is 34.3 Å². The zero-order valence-electron chi connectivity index (χ0n) is 13.2. The highest BCUT2D eigenvalue weighted by atomic mass is 79.9. The van der Waals surface area contributed by atoms with Gasteiger partial charge in [-0.05, 0) is 42.4 Å². The molecular formula is C18H27BrN2. The van der Waals surface area contributed by atoms with E-state index in [4.69, 9.17) is 0 Å². The molecule has 2 nitrogen and oxygen atoms in total. The Morgan fingerprint density at radius 3 is 2.62 bits per heavy atom. The Kier molecular flexibility index (Phi) is 5.03. The maximum absolute atomic E-state index is 3.82. The van der Waals surface area contributed by atoms with Crippen LogP contribution in [0.25, 0.3) is 0 Å². The number of hydrogen-bond acceptors (Lipinski definition) is 2. The van der Waals surface area contributed by atoms with Crippen molar-refractivity contribution in [1.29, 1.82) is 0 Å². The van der Waals surface area contributed by atoms with Crippen molar-refractivity contribution < 1.29 is 0 Å². The van der Waals surface area contributed by atoms with Crippen molar-refractivity contribution in [1.82, 2.24) is 10.2 Å². The molecular weight excluding hydrogens is 324 g/mol. The molecule has 0 bridgehead atoms. The van der Waals surface area contributed by atoms with E-state index >= 15 is 0 Å². The van der Waals surface area contributed by atoms with Gasteiger partial charge >= 0.3 is 0 Å². The molecule has 3 unspecified atom stereocenters. The first-order chi connectivity index (χ1) is 10.2. The Morgan fingerprint density at radius 2 is 2.00 bits per heavy atom. The van der Waals surface area contributed by atoms with Crippen LogP contribution in [0.15, 0.2) is 28.7 Å². The van der Waals surface area contributed by atoms with Crippen LogP contribution in [0.3, 0.4) is 0 Å². The van der Waals surface area contributed by atoms with E-state index in [0.717, 1.165) is 24.4 Å². The Bertz CT molecular complexity index is 455. The first-order valence-corrected chi connectivity index (χ1v) is 9.18. The maximum atomic E-state index is 3.82. The highest BCUT2D eigenvalue weighted by molar-refractivity contribution is 9.10. The van der Waals surface area contributed by atoms with Gasteiger partial charge in [0.15, 0.2) is 0 Å². The van der Waals surface area contributed by atoms with Gasteiger partial charge in [0, 0.05) is 36.2 Å². The lowest BCUT2D eigenvalue weighted by Gasteiger charge is -2.42. The molecule has 2 fully saturated rings. The normalized spacial score (nSPS) is 28.5. The maximum Gasteiger partial charge on any atom is 0.0253 e. The SMILES string of the molecule is CCC(C)C1CN(Cc2ccc(Br)cc2)C(C2CC2)CN1. The molecule has 1 aliphatic carbocycles. The molecule has 21 heavy (non-hydrogen) atoms. The van der Waals surface area contributed by atoms with Gasteiger partial charge in [-0.25, -0.2) is 0 Å². The second-order valence-corrected chi connectivity index (χ2v) is 7.78. The fourth-order valence-electron chi connectivity index (χ4n) is 3.47. The summed E-state index contributed by atoms with van der Waals surface area (Å²) in [7, 11) is 0. The van der Waals surface area contributed by atoms with Crippen LogP contribution in [0.1, 0.15) is 38.7 Å². The Labute approximate surface area is 137 Å². The van der Waals surface area contributed by atoms with Crippen LogP contribution in [-0.4, -0.2) is 30.1 Å². The first-order valence-electron chi connectivity index (χ1n) is 8.39. The summed E-state index contributed by atoms with van der Waals surface area (Å²) in [5.41, 5.74) is 1.44. The molecule has 116 valence electrons. The number of hydrogen-bond donors (Lipinski definition) is 1. The number of benzene rings is 1. The van der Waals surface area contributed by atoms with Gasteiger partial charge in [0.1, 0.15) is 0 Å². The fourth-order valence-corrected chi connectivity index (χ4v) is 3.74. The van der Waals surface area contributed by atoms with E-state index in [2.05, 4.69) is 64.3 Å². The van der Waals surface area contributed by atoms with Crippen LogP contribution in [-0.2, 0) is 6.54 Å². The predicted octanol–water partition coefficient (Wildman–Crippen LogP) is 4.05. The van der Waals surface area contributed by atoms with Gasteiger partial charge < -0.3 is 5.32 Å². The Balaban J connectivity index is 1.69. The monoisotopic (exact) mass is 350 g/mol.